The number of hydrogen-bond donors (Lipinski definition) is 0. The minimum Gasteiger partial charge on any atom is -0.469 e. The van der Waals surface area contributed by atoms with Crippen LogP contribution < -0.4 is 0 Å². The summed E-state index contributed by atoms with van der Waals surface area (Å²) in [6.07, 6.45) is 8.25. The van der Waals surface area contributed by atoms with Gasteiger partial charge in [-0.2, -0.15) is 0 Å². The molecule has 148 valence electrons. The van der Waals surface area contributed by atoms with Gasteiger partial charge in [-0.3, -0.25) is 14.4 Å². The normalized spacial score (nSPS) is 44.7. The lowest BCUT2D eigenvalue weighted by molar-refractivity contribution is -0.150. The minimum atomic E-state index is -0.463. The molecule has 0 aromatic carbocycles. The Hall–Kier alpha value is -1.45. The first-order valence-electron chi connectivity index (χ1n) is 10.6. The van der Waals surface area contributed by atoms with E-state index < -0.39 is 5.41 Å². The summed E-state index contributed by atoms with van der Waals surface area (Å²) in [4.78, 5) is 37.7. The Balaban J connectivity index is 1.71. The second-order valence-electron chi connectivity index (χ2n) is 9.89. The van der Waals surface area contributed by atoms with E-state index in [2.05, 4.69) is 13.8 Å². The Labute approximate surface area is 162 Å². The minimum absolute atomic E-state index is 0.000130. The number of ether oxygens (including phenoxy) is 1. The van der Waals surface area contributed by atoms with E-state index in [1.165, 1.54) is 12.7 Å². The van der Waals surface area contributed by atoms with Crippen LogP contribution in [0.2, 0.25) is 0 Å². The molecule has 0 aromatic rings. The summed E-state index contributed by atoms with van der Waals surface area (Å²) in [6.45, 7) is 6.31. The lowest BCUT2D eigenvalue weighted by Crippen LogP contribution is -2.52. The molecule has 7 atom stereocenters. The van der Waals surface area contributed by atoms with Crippen LogP contribution in [0.3, 0.4) is 0 Å². The van der Waals surface area contributed by atoms with Crippen molar-refractivity contribution in [1.82, 2.24) is 0 Å². The molecular formula is C23H32O4. The molecule has 3 fully saturated rings. The largest absolute Gasteiger partial charge is 0.469 e. The Morgan fingerprint density at radius 2 is 1.93 bits per heavy atom. The maximum Gasteiger partial charge on any atom is 0.308 e. The lowest BCUT2D eigenvalue weighted by atomic mass is 9.48. The van der Waals surface area contributed by atoms with E-state index in [1.54, 1.807) is 0 Å². The van der Waals surface area contributed by atoms with Gasteiger partial charge in [0.15, 0.2) is 5.78 Å². The van der Waals surface area contributed by atoms with Gasteiger partial charge in [0.2, 0.25) is 0 Å². The van der Waals surface area contributed by atoms with Gasteiger partial charge in [-0.15, -0.1) is 0 Å². The number of hydrogen-bond acceptors (Lipinski definition) is 4. The Morgan fingerprint density at radius 3 is 2.63 bits per heavy atom. The van der Waals surface area contributed by atoms with Gasteiger partial charge in [0, 0.05) is 18.3 Å². The van der Waals surface area contributed by atoms with Crippen molar-refractivity contribution < 1.29 is 19.1 Å². The zero-order chi connectivity index (χ0) is 19.6. The predicted molar refractivity (Wildman–Crippen MR) is 102 cm³/mol. The Morgan fingerprint density at radius 1 is 1.19 bits per heavy atom. The third-order valence-corrected chi connectivity index (χ3v) is 8.99. The van der Waals surface area contributed by atoms with Crippen molar-refractivity contribution in [3.63, 3.8) is 0 Å². The zero-order valence-electron chi connectivity index (χ0n) is 17.0. The molecule has 4 nitrogen and oxygen atoms in total. The number of ketones is 2. The van der Waals surface area contributed by atoms with Crippen molar-refractivity contribution in [2.24, 2.45) is 40.4 Å². The molecule has 4 aliphatic carbocycles. The van der Waals surface area contributed by atoms with Gasteiger partial charge < -0.3 is 4.74 Å². The summed E-state index contributed by atoms with van der Waals surface area (Å²) in [5.41, 5.74) is 0.861. The highest BCUT2D eigenvalue weighted by Gasteiger charge is 2.61. The van der Waals surface area contributed by atoms with Crippen LogP contribution in [0.4, 0.5) is 0 Å². The average molecular weight is 373 g/mol. The molecule has 0 amide bonds. The second kappa shape index (κ2) is 6.28. The van der Waals surface area contributed by atoms with E-state index in [0.717, 1.165) is 32.1 Å². The molecule has 0 radical (unpaired) electrons. The van der Waals surface area contributed by atoms with Gasteiger partial charge in [-0.1, -0.05) is 26.3 Å². The summed E-state index contributed by atoms with van der Waals surface area (Å²) >= 11 is 0. The van der Waals surface area contributed by atoms with E-state index in [1.807, 2.05) is 13.0 Å². The summed E-state index contributed by atoms with van der Waals surface area (Å²) in [7, 11) is 1.43. The number of Topliss-reactive ketones (excluding diaryl/α,β-unsaturated/α-hetero) is 1. The van der Waals surface area contributed by atoms with E-state index in [0.29, 0.717) is 36.4 Å². The smallest absolute Gasteiger partial charge is 0.308 e. The van der Waals surface area contributed by atoms with Crippen LogP contribution in [0.15, 0.2) is 11.6 Å². The third-order valence-electron chi connectivity index (χ3n) is 8.99. The fourth-order valence-corrected chi connectivity index (χ4v) is 7.29. The fraction of sp³-hybridized carbons (Fsp3) is 0.783. The fourth-order valence-electron chi connectivity index (χ4n) is 7.29. The number of esters is 1. The molecule has 0 saturated heterocycles. The van der Waals surface area contributed by atoms with E-state index in [4.69, 9.17) is 4.74 Å². The SMILES string of the molecule is COC(=O)[C@H](C)[C@@H]1CC[C@@H]2[C@@H]3CC[C@@H]4CC(=O)CC[C@]4(C)C3=CC(=O)[C@@]21C. The molecule has 4 heteroatoms. The molecule has 0 bridgehead atoms. The first-order valence-corrected chi connectivity index (χ1v) is 10.6. The molecule has 3 saturated carbocycles. The first kappa shape index (κ1) is 18.9. The van der Waals surface area contributed by atoms with Gasteiger partial charge in [-0.25, -0.2) is 0 Å². The second-order valence-corrected chi connectivity index (χ2v) is 9.89. The summed E-state index contributed by atoms with van der Waals surface area (Å²) in [6, 6.07) is 0. The highest BCUT2D eigenvalue weighted by atomic mass is 16.5. The van der Waals surface area contributed by atoms with Gasteiger partial charge >= 0.3 is 5.97 Å². The van der Waals surface area contributed by atoms with Crippen molar-refractivity contribution in [2.45, 2.75) is 65.7 Å². The molecule has 0 aliphatic heterocycles. The predicted octanol–water partition coefficient (Wildman–Crippen LogP) is 4.12. The van der Waals surface area contributed by atoms with Crippen LogP contribution in [-0.4, -0.2) is 24.6 Å². The first-order chi connectivity index (χ1) is 12.7. The van der Waals surface area contributed by atoms with Crippen molar-refractivity contribution >= 4 is 17.5 Å². The molecule has 4 aliphatic rings. The molecule has 0 N–H and O–H groups in total. The van der Waals surface area contributed by atoms with Crippen LogP contribution in [0.1, 0.15) is 65.7 Å². The zero-order valence-corrected chi connectivity index (χ0v) is 17.0. The molecule has 0 unspecified atom stereocenters. The van der Waals surface area contributed by atoms with E-state index in [-0.39, 0.29) is 29.0 Å². The van der Waals surface area contributed by atoms with Gasteiger partial charge in [0.25, 0.3) is 0 Å². The van der Waals surface area contributed by atoms with Gasteiger partial charge in [0.1, 0.15) is 5.78 Å². The Kier molecular flexibility index (Phi) is 4.40. The van der Waals surface area contributed by atoms with Gasteiger partial charge in [-0.05, 0) is 67.3 Å². The number of methoxy groups -OCH3 is 1. The van der Waals surface area contributed by atoms with Crippen LogP contribution in [0.25, 0.3) is 0 Å². The monoisotopic (exact) mass is 372 g/mol. The van der Waals surface area contributed by atoms with E-state index in [9.17, 15) is 14.4 Å². The quantitative estimate of drug-likeness (QED) is 0.684. The summed E-state index contributed by atoms with van der Waals surface area (Å²) in [5.74, 6) is 1.33. The number of allylic oxidation sites excluding steroid dienone is 2. The number of rotatable bonds is 2. The van der Waals surface area contributed by atoms with Gasteiger partial charge in [0.05, 0.1) is 13.0 Å². The Bertz CT molecular complexity index is 722. The number of fused-ring (bicyclic) bond motifs is 5. The molecule has 4 rings (SSSR count). The number of carbonyl (C=O) groups excluding carboxylic acids is 3. The highest BCUT2D eigenvalue weighted by molar-refractivity contribution is 5.98. The van der Waals surface area contributed by atoms with Crippen molar-refractivity contribution in [2.75, 3.05) is 7.11 Å². The molecule has 0 spiro atoms. The standard InChI is InChI=1S/C23H32O4/c1-13(21(26)27-4)17-7-8-18-16-6-5-14-11-15(24)9-10-22(14,2)19(16)12-20(25)23(17,18)3/h12-14,16-18H,5-11H2,1-4H3/t13-,14-,16+,17+,18-,22+,23-/m1/s1. The van der Waals surface area contributed by atoms with Crippen LogP contribution in [0, 0.1) is 40.4 Å². The maximum absolute atomic E-state index is 13.5. The number of carbonyl (C=O) groups is 3. The topological polar surface area (TPSA) is 60.4 Å². The molecule has 0 heterocycles. The molecule has 0 aromatic heterocycles. The van der Waals surface area contributed by atoms with Crippen molar-refractivity contribution in [3.8, 4) is 0 Å². The third kappa shape index (κ3) is 2.51. The van der Waals surface area contributed by atoms with E-state index >= 15 is 0 Å². The average Bonchev–Trinajstić information content (AvgIpc) is 3.01. The summed E-state index contributed by atoms with van der Waals surface area (Å²) in [5, 5.41) is 0. The molecule has 27 heavy (non-hydrogen) atoms. The van der Waals surface area contributed by atoms with Crippen LogP contribution in [0.5, 0.6) is 0 Å². The molecular weight excluding hydrogens is 340 g/mol. The lowest BCUT2D eigenvalue weighted by Gasteiger charge is -2.55. The highest BCUT2D eigenvalue weighted by Crippen LogP contribution is 2.65. The maximum atomic E-state index is 13.5. The van der Waals surface area contributed by atoms with Crippen molar-refractivity contribution in [3.05, 3.63) is 11.6 Å². The van der Waals surface area contributed by atoms with Crippen LogP contribution in [-0.2, 0) is 19.1 Å². The summed E-state index contributed by atoms with van der Waals surface area (Å²) < 4.78 is 4.99. The van der Waals surface area contributed by atoms with Crippen LogP contribution >= 0.6 is 0 Å². The van der Waals surface area contributed by atoms with Crippen molar-refractivity contribution in [1.29, 1.82) is 0 Å².